The lowest BCUT2D eigenvalue weighted by Gasteiger charge is -2.32. The van der Waals surface area contributed by atoms with Gasteiger partial charge in [-0.1, -0.05) is 0 Å². The highest BCUT2D eigenvalue weighted by Gasteiger charge is 2.27. The van der Waals surface area contributed by atoms with E-state index in [4.69, 9.17) is 9.47 Å². The molecule has 1 aliphatic heterocycles. The summed E-state index contributed by atoms with van der Waals surface area (Å²) in [6, 6.07) is 12.5. The van der Waals surface area contributed by atoms with E-state index in [1.165, 1.54) is 17.0 Å². The SMILES string of the molecule is COc1ccc(C(=O)NCC2CN(c3ccc(F)cc3)C(=O)CO2)cc1. The average molecular weight is 358 g/mol. The number of anilines is 1. The van der Waals surface area contributed by atoms with Crippen molar-refractivity contribution in [3.63, 3.8) is 0 Å². The summed E-state index contributed by atoms with van der Waals surface area (Å²) < 4.78 is 23.6. The number of halogens is 1. The molecule has 0 spiro atoms. The third-order valence-corrected chi connectivity index (χ3v) is 4.11. The summed E-state index contributed by atoms with van der Waals surface area (Å²) in [5.74, 6) is -0.126. The third kappa shape index (κ3) is 4.18. The molecule has 3 rings (SSSR count). The fourth-order valence-corrected chi connectivity index (χ4v) is 2.67. The molecule has 1 unspecified atom stereocenters. The molecular formula is C19H19FN2O4. The molecule has 6 nitrogen and oxygen atoms in total. The molecule has 0 saturated carbocycles. The number of amides is 2. The zero-order valence-electron chi connectivity index (χ0n) is 14.3. The van der Waals surface area contributed by atoms with Crippen molar-refractivity contribution in [2.24, 2.45) is 0 Å². The van der Waals surface area contributed by atoms with E-state index in [0.29, 0.717) is 17.0 Å². The Hall–Kier alpha value is -2.93. The smallest absolute Gasteiger partial charge is 0.253 e. The van der Waals surface area contributed by atoms with Crippen molar-refractivity contribution in [1.82, 2.24) is 5.32 Å². The molecule has 2 aromatic carbocycles. The molecule has 1 N–H and O–H groups in total. The summed E-state index contributed by atoms with van der Waals surface area (Å²) in [6.07, 6.45) is -0.347. The molecule has 0 aliphatic carbocycles. The van der Waals surface area contributed by atoms with Crippen molar-refractivity contribution >= 4 is 17.5 Å². The van der Waals surface area contributed by atoms with Crippen LogP contribution in [-0.2, 0) is 9.53 Å². The van der Waals surface area contributed by atoms with Gasteiger partial charge in [-0.25, -0.2) is 4.39 Å². The number of carbonyl (C=O) groups excluding carboxylic acids is 2. The van der Waals surface area contributed by atoms with Crippen LogP contribution < -0.4 is 15.0 Å². The van der Waals surface area contributed by atoms with Crippen LogP contribution in [0.4, 0.5) is 10.1 Å². The number of nitrogens with zero attached hydrogens (tertiary/aromatic N) is 1. The van der Waals surface area contributed by atoms with Gasteiger partial charge in [0.15, 0.2) is 0 Å². The monoisotopic (exact) mass is 358 g/mol. The number of ether oxygens (including phenoxy) is 2. The van der Waals surface area contributed by atoms with Crippen molar-refractivity contribution < 1.29 is 23.5 Å². The van der Waals surface area contributed by atoms with E-state index < -0.39 is 0 Å². The lowest BCUT2D eigenvalue weighted by atomic mass is 10.2. The van der Waals surface area contributed by atoms with E-state index in [1.807, 2.05) is 0 Å². The highest BCUT2D eigenvalue weighted by atomic mass is 19.1. The summed E-state index contributed by atoms with van der Waals surface area (Å²) in [4.78, 5) is 25.8. The third-order valence-electron chi connectivity index (χ3n) is 4.11. The second-order valence-electron chi connectivity index (χ2n) is 5.85. The summed E-state index contributed by atoms with van der Waals surface area (Å²) in [5, 5.41) is 2.80. The Labute approximate surface area is 150 Å². The highest BCUT2D eigenvalue weighted by molar-refractivity contribution is 5.95. The standard InChI is InChI=1S/C19H19FN2O4/c1-25-16-8-2-13(3-9-16)19(24)21-10-17-11-22(18(23)12-26-17)15-6-4-14(20)5-7-15/h2-9,17H,10-12H2,1H3,(H,21,24). The van der Waals surface area contributed by atoms with E-state index in [0.717, 1.165) is 0 Å². The van der Waals surface area contributed by atoms with Crippen LogP contribution in [0.5, 0.6) is 5.75 Å². The summed E-state index contributed by atoms with van der Waals surface area (Å²) in [5.41, 5.74) is 1.11. The van der Waals surface area contributed by atoms with Gasteiger partial charge in [-0.05, 0) is 48.5 Å². The summed E-state index contributed by atoms with van der Waals surface area (Å²) in [6.45, 7) is 0.462. The Kier molecular flexibility index (Phi) is 5.48. The van der Waals surface area contributed by atoms with Gasteiger partial charge < -0.3 is 19.7 Å². The summed E-state index contributed by atoms with van der Waals surface area (Å²) >= 11 is 0. The van der Waals surface area contributed by atoms with Gasteiger partial charge >= 0.3 is 0 Å². The van der Waals surface area contributed by atoms with Crippen molar-refractivity contribution in [1.29, 1.82) is 0 Å². The quantitative estimate of drug-likeness (QED) is 0.888. The second-order valence-corrected chi connectivity index (χ2v) is 5.85. The van der Waals surface area contributed by atoms with Crippen LogP contribution in [0, 0.1) is 5.82 Å². The first-order chi connectivity index (χ1) is 12.6. The van der Waals surface area contributed by atoms with Gasteiger partial charge in [0.1, 0.15) is 18.2 Å². The topological polar surface area (TPSA) is 67.9 Å². The molecule has 26 heavy (non-hydrogen) atoms. The van der Waals surface area contributed by atoms with Crippen molar-refractivity contribution in [3.05, 3.63) is 59.9 Å². The molecule has 136 valence electrons. The lowest BCUT2D eigenvalue weighted by Crippen LogP contribution is -2.50. The van der Waals surface area contributed by atoms with Crippen molar-refractivity contribution in [2.45, 2.75) is 6.10 Å². The molecule has 2 aromatic rings. The number of benzene rings is 2. The van der Waals surface area contributed by atoms with Crippen LogP contribution in [-0.4, -0.2) is 44.7 Å². The number of carbonyl (C=O) groups is 2. The van der Waals surface area contributed by atoms with Crippen LogP contribution in [0.15, 0.2) is 48.5 Å². The molecule has 2 amide bonds. The number of rotatable bonds is 5. The first kappa shape index (κ1) is 17.9. The van der Waals surface area contributed by atoms with Crippen molar-refractivity contribution in [2.75, 3.05) is 31.7 Å². The normalized spacial score (nSPS) is 17.1. The van der Waals surface area contributed by atoms with Gasteiger partial charge in [0, 0.05) is 17.8 Å². The molecule has 1 atom stereocenters. The predicted molar refractivity (Wildman–Crippen MR) is 93.8 cm³/mol. The maximum Gasteiger partial charge on any atom is 0.253 e. The first-order valence-corrected chi connectivity index (χ1v) is 8.16. The maximum atomic E-state index is 13.1. The van der Waals surface area contributed by atoms with Crippen LogP contribution >= 0.6 is 0 Å². The summed E-state index contributed by atoms with van der Waals surface area (Å²) in [7, 11) is 1.56. The van der Waals surface area contributed by atoms with Gasteiger partial charge in [0.2, 0.25) is 0 Å². The molecule has 7 heteroatoms. The Morgan fingerprint density at radius 2 is 1.92 bits per heavy atom. The van der Waals surface area contributed by atoms with E-state index >= 15 is 0 Å². The van der Waals surface area contributed by atoms with Gasteiger partial charge in [0.05, 0.1) is 19.8 Å². The van der Waals surface area contributed by atoms with E-state index in [2.05, 4.69) is 5.32 Å². The van der Waals surface area contributed by atoms with Crippen molar-refractivity contribution in [3.8, 4) is 5.75 Å². The number of nitrogens with one attached hydrogen (secondary N) is 1. The van der Waals surface area contributed by atoms with Gasteiger partial charge in [0.25, 0.3) is 11.8 Å². The molecule has 1 aliphatic rings. The lowest BCUT2D eigenvalue weighted by molar-refractivity contribution is -0.129. The second kappa shape index (κ2) is 7.97. The maximum absolute atomic E-state index is 13.1. The number of morpholine rings is 1. The zero-order valence-corrected chi connectivity index (χ0v) is 14.3. The fraction of sp³-hybridized carbons (Fsp3) is 0.263. The molecule has 0 aromatic heterocycles. The molecule has 1 saturated heterocycles. The van der Waals surface area contributed by atoms with E-state index in [9.17, 15) is 14.0 Å². The Bertz CT molecular complexity index is 777. The average Bonchev–Trinajstić information content (AvgIpc) is 2.68. The fourth-order valence-electron chi connectivity index (χ4n) is 2.67. The molecular weight excluding hydrogens is 339 g/mol. The Balaban J connectivity index is 1.58. The van der Waals surface area contributed by atoms with Crippen LogP contribution in [0.3, 0.4) is 0 Å². The number of hydrogen-bond acceptors (Lipinski definition) is 4. The van der Waals surface area contributed by atoms with Crippen LogP contribution in [0.25, 0.3) is 0 Å². The van der Waals surface area contributed by atoms with Gasteiger partial charge in [-0.2, -0.15) is 0 Å². The predicted octanol–water partition coefficient (Wildman–Crippen LogP) is 2.00. The Morgan fingerprint density at radius 1 is 1.23 bits per heavy atom. The molecule has 0 radical (unpaired) electrons. The minimum absolute atomic E-state index is 0.0829. The molecule has 1 heterocycles. The minimum atomic E-state index is -0.363. The van der Waals surface area contributed by atoms with Crippen LogP contribution in [0.1, 0.15) is 10.4 Å². The Morgan fingerprint density at radius 3 is 2.58 bits per heavy atom. The first-order valence-electron chi connectivity index (χ1n) is 8.16. The van der Waals surface area contributed by atoms with Gasteiger partial charge in [-0.3, -0.25) is 9.59 Å². The highest BCUT2D eigenvalue weighted by Crippen LogP contribution is 2.19. The largest absolute Gasteiger partial charge is 0.497 e. The van der Waals surface area contributed by atoms with E-state index in [1.54, 1.807) is 43.5 Å². The van der Waals surface area contributed by atoms with Crippen LogP contribution in [0.2, 0.25) is 0 Å². The van der Waals surface area contributed by atoms with E-state index in [-0.39, 0.29) is 43.4 Å². The molecule has 0 bridgehead atoms. The number of methoxy groups -OCH3 is 1. The minimum Gasteiger partial charge on any atom is -0.497 e. The number of hydrogen-bond donors (Lipinski definition) is 1. The molecule has 1 fully saturated rings. The van der Waals surface area contributed by atoms with Gasteiger partial charge in [-0.15, -0.1) is 0 Å². The zero-order chi connectivity index (χ0) is 18.5.